The van der Waals surface area contributed by atoms with Gasteiger partial charge in [-0.25, -0.2) is 5.06 Å². The van der Waals surface area contributed by atoms with E-state index in [9.17, 15) is 9.59 Å². The highest BCUT2D eigenvalue weighted by atomic mass is 16.7. The maximum Gasteiger partial charge on any atom is 0.272 e. The van der Waals surface area contributed by atoms with Gasteiger partial charge in [-0.2, -0.15) is 0 Å². The van der Waals surface area contributed by atoms with Crippen LogP contribution in [0.2, 0.25) is 0 Å². The van der Waals surface area contributed by atoms with E-state index in [1.807, 2.05) is 55.5 Å². The third-order valence-corrected chi connectivity index (χ3v) is 5.88. The molecule has 6 nitrogen and oxygen atoms in total. The minimum atomic E-state index is -0.966. The van der Waals surface area contributed by atoms with Gasteiger partial charge in [-0.15, -0.1) is 0 Å². The van der Waals surface area contributed by atoms with Gasteiger partial charge in [-0.3, -0.25) is 24.2 Å². The molecule has 6 heteroatoms. The highest BCUT2D eigenvalue weighted by Crippen LogP contribution is 2.36. The van der Waals surface area contributed by atoms with Crippen molar-refractivity contribution >= 4 is 17.5 Å². The molecule has 30 heavy (non-hydrogen) atoms. The summed E-state index contributed by atoms with van der Waals surface area (Å²) in [6.45, 7) is 4.11. The van der Waals surface area contributed by atoms with Crippen molar-refractivity contribution in [2.24, 2.45) is 0 Å². The average Bonchev–Trinajstić information content (AvgIpc) is 2.80. The van der Waals surface area contributed by atoms with Gasteiger partial charge in [0.2, 0.25) is 5.91 Å². The molecule has 1 aliphatic heterocycles. The molecular formula is C24H31N3O3. The third kappa shape index (κ3) is 4.55. The molecule has 2 aromatic rings. The van der Waals surface area contributed by atoms with E-state index in [0.717, 1.165) is 25.3 Å². The fraction of sp³-hybridized carbons (Fsp3) is 0.417. The van der Waals surface area contributed by atoms with Gasteiger partial charge in [0.05, 0.1) is 7.11 Å². The van der Waals surface area contributed by atoms with Crippen molar-refractivity contribution in [3.05, 3.63) is 66.2 Å². The minimum Gasteiger partial charge on any atom is -0.299 e. The van der Waals surface area contributed by atoms with Crippen molar-refractivity contribution in [1.82, 2.24) is 9.96 Å². The number of hydrogen-bond acceptors (Lipinski definition) is 4. The Morgan fingerprint density at radius 2 is 1.57 bits per heavy atom. The topological polar surface area (TPSA) is 53.1 Å². The van der Waals surface area contributed by atoms with Crippen LogP contribution in [-0.2, 0) is 21.0 Å². The number of rotatable bonds is 7. The maximum absolute atomic E-state index is 13.5. The number of nitrogens with zero attached hydrogens (tertiary/aromatic N) is 3. The molecule has 0 aromatic heterocycles. The summed E-state index contributed by atoms with van der Waals surface area (Å²) >= 11 is 0. The lowest BCUT2D eigenvalue weighted by atomic mass is 9.83. The number of carbonyl (C=O) groups excluding carboxylic acids is 2. The fourth-order valence-electron chi connectivity index (χ4n) is 4.20. The average molecular weight is 410 g/mol. The Kier molecular flexibility index (Phi) is 7.24. The number of carbonyl (C=O) groups is 2. The molecule has 160 valence electrons. The zero-order valence-corrected chi connectivity index (χ0v) is 18.1. The Morgan fingerprint density at radius 3 is 2.10 bits per heavy atom. The number of likely N-dealkylation sites (tertiary alicyclic amines) is 1. The summed E-state index contributed by atoms with van der Waals surface area (Å²) in [7, 11) is 3.09. The molecule has 0 atom stereocenters. The number of hydrogen-bond donors (Lipinski definition) is 0. The molecule has 1 heterocycles. The summed E-state index contributed by atoms with van der Waals surface area (Å²) < 4.78 is 0. The highest BCUT2D eigenvalue weighted by molar-refractivity contribution is 6.03. The van der Waals surface area contributed by atoms with Gasteiger partial charge in [-0.1, -0.05) is 55.5 Å². The van der Waals surface area contributed by atoms with Gasteiger partial charge in [0.15, 0.2) is 0 Å². The van der Waals surface area contributed by atoms with Crippen molar-refractivity contribution in [1.29, 1.82) is 0 Å². The molecular weight excluding hydrogens is 378 g/mol. The molecule has 1 aliphatic rings. The second-order valence-electron chi connectivity index (χ2n) is 7.70. The van der Waals surface area contributed by atoms with Crippen LogP contribution in [0, 0.1) is 0 Å². The summed E-state index contributed by atoms with van der Waals surface area (Å²) in [6.07, 6.45) is 1.42. The van der Waals surface area contributed by atoms with Gasteiger partial charge in [0, 0.05) is 38.8 Å². The number of likely N-dealkylation sites (N-methyl/N-ethyl adjacent to an activating group) is 1. The second kappa shape index (κ2) is 9.87. The van der Waals surface area contributed by atoms with E-state index >= 15 is 0 Å². The van der Waals surface area contributed by atoms with E-state index < -0.39 is 5.54 Å². The monoisotopic (exact) mass is 409 g/mol. The van der Waals surface area contributed by atoms with Crippen LogP contribution in [0.5, 0.6) is 0 Å². The molecule has 0 radical (unpaired) electrons. The first-order valence-electron chi connectivity index (χ1n) is 10.5. The van der Waals surface area contributed by atoms with Crippen molar-refractivity contribution in [2.75, 3.05) is 32.1 Å². The lowest BCUT2D eigenvalue weighted by Crippen LogP contribution is -2.65. The predicted octanol–water partition coefficient (Wildman–Crippen LogP) is 3.48. The van der Waals surface area contributed by atoms with Crippen LogP contribution >= 0.6 is 0 Å². The molecule has 0 aliphatic carbocycles. The number of para-hydroxylation sites is 1. The minimum absolute atomic E-state index is 0.0597. The lowest BCUT2D eigenvalue weighted by molar-refractivity contribution is -0.177. The molecule has 0 saturated carbocycles. The first-order chi connectivity index (χ1) is 14.5. The zero-order valence-electron chi connectivity index (χ0n) is 18.1. The van der Waals surface area contributed by atoms with Crippen LogP contribution in [0.3, 0.4) is 0 Å². The van der Waals surface area contributed by atoms with Crippen LogP contribution in [0.1, 0.15) is 31.7 Å². The summed E-state index contributed by atoms with van der Waals surface area (Å²) in [4.78, 5) is 35.9. The first-order valence-corrected chi connectivity index (χ1v) is 10.5. The molecule has 1 saturated heterocycles. The quantitative estimate of drug-likeness (QED) is 0.657. The second-order valence-corrected chi connectivity index (χ2v) is 7.70. The van der Waals surface area contributed by atoms with E-state index in [0.29, 0.717) is 19.3 Å². The van der Waals surface area contributed by atoms with Gasteiger partial charge >= 0.3 is 0 Å². The molecule has 1 fully saturated rings. The number of hydroxylamine groups is 2. The van der Waals surface area contributed by atoms with Crippen molar-refractivity contribution in [3.63, 3.8) is 0 Å². The Balaban J connectivity index is 1.92. The number of amides is 2. The van der Waals surface area contributed by atoms with E-state index in [1.165, 1.54) is 17.7 Å². The van der Waals surface area contributed by atoms with E-state index in [1.54, 1.807) is 11.9 Å². The lowest BCUT2D eigenvalue weighted by Gasteiger charge is -2.48. The predicted molar refractivity (Wildman–Crippen MR) is 118 cm³/mol. The van der Waals surface area contributed by atoms with E-state index in [4.69, 9.17) is 4.84 Å². The third-order valence-electron chi connectivity index (χ3n) is 5.88. The molecule has 2 aromatic carbocycles. The smallest absolute Gasteiger partial charge is 0.272 e. The summed E-state index contributed by atoms with van der Waals surface area (Å²) in [6, 6.07) is 19.8. The van der Waals surface area contributed by atoms with Crippen LogP contribution < -0.4 is 4.90 Å². The maximum atomic E-state index is 13.5. The van der Waals surface area contributed by atoms with Crippen molar-refractivity contribution < 1.29 is 14.4 Å². The van der Waals surface area contributed by atoms with Crippen LogP contribution in [0.15, 0.2) is 60.7 Å². The number of anilines is 1. The van der Waals surface area contributed by atoms with Gasteiger partial charge < -0.3 is 0 Å². The van der Waals surface area contributed by atoms with E-state index in [2.05, 4.69) is 17.0 Å². The fourth-order valence-corrected chi connectivity index (χ4v) is 4.20. The normalized spacial score (nSPS) is 16.1. The molecule has 0 spiro atoms. The summed E-state index contributed by atoms with van der Waals surface area (Å²) in [5, 5.41) is 1.26. The van der Waals surface area contributed by atoms with Gasteiger partial charge in [-0.05, 0) is 30.5 Å². The largest absolute Gasteiger partial charge is 0.299 e. The first kappa shape index (κ1) is 22.0. The Bertz CT molecular complexity index is 833. The van der Waals surface area contributed by atoms with Crippen LogP contribution in [0.4, 0.5) is 5.69 Å². The zero-order chi connectivity index (χ0) is 21.6. The molecule has 0 unspecified atom stereocenters. The Labute approximate surface area is 179 Å². The molecule has 2 amide bonds. The molecule has 0 N–H and O–H groups in total. The van der Waals surface area contributed by atoms with Gasteiger partial charge in [0.1, 0.15) is 5.54 Å². The standard InChI is InChI=1S/C24H31N3O3/c1-4-22(28)27(21-13-9-6-10-14-21)24(23(29)25(2)30-3)15-17-26(18-16-24)19-20-11-7-5-8-12-20/h5-14H,4,15-19H2,1-3H3. The van der Waals surface area contributed by atoms with Crippen molar-refractivity contribution in [3.8, 4) is 0 Å². The Morgan fingerprint density at radius 1 is 1.00 bits per heavy atom. The highest BCUT2D eigenvalue weighted by Gasteiger charge is 2.50. The van der Waals surface area contributed by atoms with Crippen LogP contribution in [0.25, 0.3) is 0 Å². The van der Waals surface area contributed by atoms with Gasteiger partial charge in [0.25, 0.3) is 5.91 Å². The summed E-state index contributed by atoms with van der Waals surface area (Å²) in [5.41, 5.74) is 1.03. The summed E-state index contributed by atoms with van der Waals surface area (Å²) in [5.74, 6) is -0.245. The van der Waals surface area contributed by atoms with Crippen LogP contribution in [-0.4, -0.2) is 54.6 Å². The Hall–Kier alpha value is -2.70. The molecule has 3 rings (SSSR count). The van der Waals surface area contributed by atoms with Crippen molar-refractivity contribution in [2.45, 2.75) is 38.3 Å². The number of piperidine rings is 1. The number of benzene rings is 2. The SMILES string of the molecule is CCC(=O)N(c1ccccc1)C1(C(=O)N(C)OC)CCN(Cc2ccccc2)CC1. The molecule has 0 bridgehead atoms. The van der Waals surface area contributed by atoms with E-state index in [-0.39, 0.29) is 11.8 Å².